The van der Waals surface area contributed by atoms with Gasteiger partial charge in [0.15, 0.2) is 0 Å². The SMILES string of the molecule is CCN(Cc1ccc(Cl)nc1)CC(C)C#N. The second-order valence-corrected chi connectivity index (χ2v) is 4.23. The standard InChI is InChI=1S/C12H16ClN3/c1-3-16(8-10(2)6-14)9-11-4-5-12(13)15-7-11/h4-5,7,10H,3,8-9H2,1-2H3. The highest BCUT2D eigenvalue weighted by atomic mass is 35.5. The lowest BCUT2D eigenvalue weighted by Crippen LogP contribution is -2.27. The Morgan fingerprint density at radius 2 is 2.31 bits per heavy atom. The molecule has 0 radical (unpaired) electrons. The first-order valence-electron chi connectivity index (χ1n) is 5.38. The van der Waals surface area contributed by atoms with Gasteiger partial charge in [-0.1, -0.05) is 24.6 Å². The predicted octanol–water partition coefficient (Wildman–Crippen LogP) is 2.72. The molecule has 0 aromatic carbocycles. The van der Waals surface area contributed by atoms with E-state index in [-0.39, 0.29) is 5.92 Å². The number of nitriles is 1. The summed E-state index contributed by atoms with van der Waals surface area (Å²) in [5.74, 6) is 0.0557. The third-order valence-corrected chi connectivity index (χ3v) is 2.62. The summed E-state index contributed by atoms with van der Waals surface area (Å²) in [6.07, 6.45) is 1.78. The van der Waals surface area contributed by atoms with Gasteiger partial charge in [0, 0.05) is 19.3 Å². The quantitative estimate of drug-likeness (QED) is 0.740. The number of pyridine rings is 1. The highest BCUT2D eigenvalue weighted by Gasteiger charge is 2.08. The van der Waals surface area contributed by atoms with Crippen LogP contribution in [-0.2, 0) is 6.54 Å². The van der Waals surface area contributed by atoms with Crippen LogP contribution in [0.1, 0.15) is 19.4 Å². The van der Waals surface area contributed by atoms with E-state index in [1.165, 1.54) is 0 Å². The Bertz CT molecular complexity index is 356. The van der Waals surface area contributed by atoms with Gasteiger partial charge in [-0.2, -0.15) is 5.26 Å². The van der Waals surface area contributed by atoms with Crippen molar-refractivity contribution in [2.24, 2.45) is 5.92 Å². The number of nitrogens with zero attached hydrogens (tertiary/aromatic N) is 3. The van der Waals surface area contributed by atoms with E-state index >= 15 is 0 Å². The fourth-order valence-electron chi connectivity index (χ4n) is 1.49. The molecule has 0 aliphatic rings. The predicted molar refractivity (Wildman–Crippen MR) is 65.0 cm³/mol. The topological polar surface area (TPSA) is 39.9 Å². The molecule has 1 atom stereocenters. The van der Waals surface area contributed by atoms with E-state index in [1.807, 2.05) is 13.0 Å². The average Bonchev–Trinajstić information content (AvgIpc) is 2.30. The van der Waals surface area contributed by atoms with Crippen LogP contribution < -0.4 is 0 Å². The lowest BCUT2D eigenvalue weighted by Gasteiger charge is -2.21. The van der Waals surface area contributed by atoms with Crippen LogP contribution in [0.25, 0.3) is 0 Å². The molecule has 1 rings (SSSR count). The van der Waals surface area contributed by atoms with Crippen LogP contribution in [0.5, 0.6) is 0 Å². The molecule has 0 amide bonds. The Morgan fingerprint density at radius 3 is 2.81 bits per heavy atom. The molecule has 0 spiro atoms. The summed E-state index contributed by atoms with van der Waals surface area (Å²) < 4.78 is 0. The van der Waals surface area contributed by atoms with E-state index in [1.54, 1.807) is 12.3 Å². The van der Waals surface area contributed by atoms with Gasteiger partial charge in [-0.3, -0.25) is 4.90 Å². The fourth-order valence-corrected chi connectivity index (χ4v) is 1.60. The first kappa shape index (κ1) is 13.0. The highest BCUT2D eigenvalue weighted by Crippen LogP contribution is 2.09. The Hall–Kier alpha value is -1.11. The minimum absolute atomic E-state index is 0.0557. The van der Waals surface area contributed by atoms with Crippen molar-refractivity contribution < 1.29 is 0 Å². The van der Waals surface area contributed by atoms with Crippen LogP contribution in [0, 0.1) is 17.2 Å². The van der Waals surface area contributed by atoms with Crippen LogP contribution >= 0.6 is 11.6 Å². The van der Waals surface area contributed by atoms with Crippen molar-refractivity contribution >= 4 is 11.6 Å². The zero-order valence-electron chi connectivity index (χ0n) is 9.65. The third kappa shape index (κ3) is 4.18. The van der Waals surface area contributed by atoms with E-state index in [0.717, 1.165) is 25.2 Å². The summed E-state index contributed by atoms with van der Waals surface area (Å²) >= 11 is 5.72. The first-order chi connectivity index (χ1) is 7.65. The molecular formula is C12H16ClN3. The van der Waals surface area contributed by atoms with Crippen molar-refractivity contribution in [3.63, 3.8) is 0 Å². The van der Waals surface area contributed by atoms with E-state index in [9.17, 15) is 0 Å². The number of hydrogen-bond donors (Lipinski definition) is 0. The minimum atomic E-state index is 0.0557. The molecule has 3 nitrogen and oxygen atoms in total. The van der Waals surface area contributed by atoms with Crippen LogP contribution in [0.2, 0.25) is 5.15 Å². The van der Waals surface area contributed by atoms with Gasteiger partial charge in [-0.05, 0) is 25.1 Å². The van der Waals surface area contributed by atoms with Gasteiger partial charge in [-0.15, -0.1) is 0 Å². The molecule has 0 saturated carbocycles. The zero-order valence-corrected chi connectivity index (χ0v) is 10.4. The van der Waals surface area contributed by atoms with Gasteiger partial charge in [0.1, 0.15) is 5.15 Å². The molecule has 4 heteroatoms. The number of rotatable bonds is 5. The Labute approximate surface area is 102 Å². The normalized spacial score (nSPS) is 12.4. The number of hydrogen-bond acceptors (Lipinski definition) is 3. The van der Waals surface area contributed by atoms with Gasteiger partial charge in [0.25, 0.3) is 0 Å². The van der Waals surface area contributed by atoms with E-state index in [2.05, 4.69) is 22.9 Å². The maximum absolute atomic E-state index is 8.78. The molecular weight excluding hydrogens is 222 g/mol. The summed E-state index contributed by atoms with van der Waals surface area (Å²) in [4.78, 5) is 6.26. The second kappa shape index (κ2) is 6.47. The van der Waals surface area contributed by atoms with Gasteiger partial charge in [0.05, 0.1) is 12.0 Å². The smallest absolute Gasteiger partial charge is 0.129 e. The molecule has 1 unspecified atom stereocenters. The largest absolute Gasteiger partial charge is 0.298 e. The highest BCUT2D eigenvalue weighted by molar-refractivity contribution is 6.29. The van der Waals surface area contributed by atoms with Gasteiger partial charge < -0.3 is 0 Å². The summed E-state index contributed by atoms with van der Waals surface area (Å²) in [6.45, 7) is 6.55. The summed E-state index contributed by atoms with van der Waals surface area (Å²) in [7, 11) is 0. The summed E-state index contributed by atoms with van der Waals surface area (Å²) in [5.41, 5.74) is 1.12. The molecule has 0 aliphatic heterocycles. The van der Waals surface area contributed by atoms with Gasteiger partial charge in [0.2, 0.25) is 0 Å². The van der Waals surface area contributed by atoms with Crippen molar-refractivity contribution in [1.29, 1.82) is 5.26 Å². The monoisotopic (exact) mass is 237 g/mol. The molecule has 1 heterocycles. The van der Waals surface area contributed by atoms with E-state index < -0.39 is 0 Å². The van der Waals surface area contributed by atoms with Crippen molar-refractivity contribution in [2.75, 3.05) is 13.1 Å². The fraction of sp³-hybridized carbons (Fsp3) is 0.500. The van der Waals surface area contributed by atoms with Crippen LogP contribution in [-0.4, -0.2) is 23.0 Å². The molecule has 0 fully saturated rings. The zero-order chi connectivity index (χ0) is 12.0. The van der Waals surface area contributed by atoms with Crippen molar-refractivity contribution in [3.05, 3.63) is 29.0 Å². The van der Waals surface area contributed by atoms with Crippen LogP contribution in [0.3, 0.4) is 0 Å². The maximum atomic E-state index is 8.78. The molecule has 0 aliphatic carbocycles. The Balaban J connectivity index is 2.56. The second-order valence-electron chi connectivity index (χ2n) is 3.85. The van der Waals surface area contributed by atoms with Gasteiger partial charge >= 0.3 is 0 Å². The third-order valence-electron chi connectivity index (χ3n) is 2.39. The molecule has 0 N–H and O–H groups in total. The molecule has 86 valence electrons. The lowest BCUT2D eigenvalue weighted by molar-refractivity contribution is 0.260. The lowest BCUT2D eigenvalue weighted by atomic mass is 10.2. The summed E-state index contributed by atoms with van der Waals surface area (Å²) in [6, 6.07) is 6.00. The average molecular weight is 238 g/mol. The Morgan fingerprint density at radius 1 is 1.56 bits per heavy atom. The molecule has 1 aromatic rings. The van der Waals surface area contributed by atoms with Crippen LogP contribution in [0.15, 0.2) is 18.3 Å². The van der Waals surface area contributed by atoms with Crippen molar-refractivity contribution in [1.82, 2.24) is 9.88 Å². The molecule has 16 heavy (non-hydrogen) atoms. The van der Waals surface area contributed by atoms with E-state index in [4.69, 9.17) is 16.9 Å². The molecule has 1 aromatic heterocycles. The number of aromatic nitrogens is 1. The van der Waals surface area contributed by atoms with Crippen LogP contribution in [0.4, 0.5) is 0 Å². The van der Waals surface area contributed by atoms with Crippen molar-refractivity contribution in [3.8, 4) is 6.07 Å². The van der Waals surface area contributed by atoms with Crippen molar-refractivity contribution in [2.45, 2.75) is 20.4 Å². The molecule has 0 bridgehead atoms. The summed E-state index contributed by atoms with van der Waals surface area (Å²) in [5, 5.41) is 9.29. The minimum Gasteiger partial charge on any atom is -0.298 e. The Kier molecular flexibility index (Phi) is 5.24. The maximum Gasteiger partial charge on any atom is 0.129 e. The first-order valence-corrected chi connectivity index (χ1v) is 5.76. The van der Waals surface area contributed by atoms with E-state index in [0.29, 0.717) is 5.15 Å². The van der Waals surface area contributed by atoms with Gasteiger partial charge in [-0.25, -0.2) is 4.98 Å². The molecule has 0 saturated heterocycles. The number of halogens is 1.